The number of nitrogens with zero attached hydrogens (tertiary/aromatic N) is 1. The van der Waals surface area contributed by atoms with Gasteiger partial charge in [-0.25, -0.2) is 0 Å². The molecule has 1 unspecified atom stereocenters. The van der Waals surface area contributed by atoms with Gasteiger partial charge < -0.3 is 14.2 Å². The molecule has 3 heterocycles. The first-order valence-electron chi connectivity index (χ1n) is 10.0. The summed E-state index contributed by atoms with van der Waals surface area (Å²) in [7, 11) is 0. The quantitative estimate of drug-likeness (QED) is 0.603. The Hall–Kier alpha value is -2.05. The highest BCUT2D eigenvalue weighted by molar-refractivity contribution is 6.37. The van der Waals surface area contributed by atoms with Gasteiger partial charge in [0.1, 0.15) is 18.2 Å². The van der Waals surface area contributed by atoms with E-state index in [4.69, 9.17) is 37.4 Å². The minimum atomic E-state index is -0.169. The molecule has 7 heteroatoms. The molecule has 0 radical (unpaired) electrons. The number of ketones is 1. The fourth-order valence-corrected chi connectivity index (χ4v) is 4.76. The Morgan fingerprint density at radius 2 is 2.07 bits per heavy atom. The van der Waals surface area contributed by atoms with Gasteiger partial charge in [0.15, 0.2) is 5.76 Å². The first-order valence-corrected chi connectivity index (χ1v) is 10.8. The lowest BCUT2D eigenvalue weighted by molar-refractivity contribution is 0.0273. The van der Waals surface area contributed by atoms with Crippen molar-refractivity contribution in [3.05, 3.63) is 62.3 Å². The fraction of sp³-hybridized carbons (Fsp3) is 0.348. The Morgan fingerprint density at radius 1 is 1.27 bits per heavy atom. The van der Waals surface area contributed by atoms with E-state index in [2.05, 4.69) is 4.90 Å². The van der Waals surface area contributed by atoms with E-state index in [1.54, 1.807) is 24.3 Å². The van der Waals surface area contributed by atoms with Crippen LogP contribution in [0.5, 0.6) is 11.5 Å². The number of rotatable bonds is 3. The first kappa shape index (κ1) is 19.9. The fourth-order valence-electron chi connectivity index (χ4n) is 4.25. The molecule has 0 N–H and O–H groups in total. The van der Waals surface area contributed by atoms with Gasteiger partial charge in [0.2, 0.25) is 5.78 Å². The summed E-state index contributed by atoms with van der Waals surface area (Å²) in [5.41, 5.74) is 2.86. The van der Waals surface area contributed by atoms with Gasteiger partial charge in [-0.15, -0.1) is 0 Å². The van der Waals surface area contributed by atoms with Crippen molar-refractivity contribution >= 4 is 35.1 Å². The van der Waals surface area contributed by atoms with E-state index < -0.39 is 0 Å². The third-order valence-electron chi connectivity index (χ3n) is 5.75. The van der Waals surface area contributed by atoms with Crippen molar-refractivity contribution in [3.63, 3.8) is 0 Å². The monoisotopic (exact) mass is 445 g/mol. The van der Waals surface area contributed by atoms with E-state index in [0.29, 0.717) is 40.2 Å². The van der Waals surface area contributed by atoms with Crippen LogP contribution in [0.25, 0.3) is 6.08 Å². The van der Waals surface area contributed by atoms with E-state index in [-0.39, 0.29) is 17.6 Å². The maximum absolute atomic E-state index is 13.1. The highest BCUT2D eigenvalue weighted by Gasteiger charge is 2.36. The summed E-state index contributed by atoms with van der Waals surface area (Å²) in [6.07, 6.45) is 4.01. The number of halogens is 2. The molecular formula is C23H21Cl2NO4. The SMILES string of the molecule is Cc1cc2c(c3c1C(=O)/C(=C/c1c(Cl)cccc1Cl)O3)CN(CC1CCCO1)CO2. The van der Waals surface area contributed by atoms with Gasteiger partial charge in [0.25, 0.3) is 0 Å². The number of hydrogen-bond acceptors (Lipinski definition) is 5. The molecule has 3 aliphatic heterocycles. The zero-order valence-electron chi connectivity index (χ0n) is 16.5. The third-order valence-corrected chi connectivity index (χ3v) is 6.41. The van der Waals surface area contributed by atoms with E-state index in [0.717, 1.165) is 42.9 Å². The Morgan fingerprint density at radius 3 is 2.80 bits per heavy atom. The smallest absolute Gasteiger partial charge is 0.232 e. The second kappa shape index (κ2) is 7.89. The molecule has 1 atom stereocenters. The molecular weight excluding hydrogens is 425 g/mol. The van der Waals surface area contributed by atoms with Gasteiger partial charge in [0, 0.05) is 35.3 Å². The van der Waals surface area contributed by atoms with Gasteiger partial charge in [0.05, 0.1) is 17.2 Å². The number of fused-ring (bicyclic) bond motifs is 3. The normalized spacial score (nSPS) is 22.0. The Labute approximate surface area is 185 Å². The second-order valence-corrected chi connectivity index (χ2v) is 8.68. The van der Waals surface area contributed by atoms with Crippen molar-refractivity contribution in [2.75, 3.05) is 19.9 Å². The first-order chi connectivity index (χ1) is 14.5. The molecule has 0 saturated carbocycles. The predicted octanol–water partition coefficient (Wildman–Crippen LogP) is 5.25. The number of hydrogen-bond donors (Lipinski definition) is 0. The molecule has 5 rings (SSSR count). The summed E-state index contributed by atoms with van der Waals surface area (Å²) in [6.45, 7) is 4.66. The summed E-state index contributed by atoms with van der Waals surface area (Å²) < 4.78 is 17.8. The number of Topliss-reactive ketones (excluding diaryl/α,β-unsaturated/α-hetero) is 1. The van der Waals surface area contributed by atoms with Crippen molar-refractivity contribution < 1.29 is 19.0 Å². The van der Waals surface area contributed by atoms with Crippen molar-refractivity contribution in [3.8, 4) is 11.5 Å². The summed E-state index contributed by atoms with van der Waals surface area (Å²) in [5.74, 6) is 1.38. The number of allylic oxidation sites excluding steroid dienone is 1. The van der Waals surface area contributed by atoms with Crippen molar-refractivity contribution in [1.29, 1.82) is 0 Å². The highest BCUT2D eigenvalue weighted by Crippen LogP contribution is 2.44. The van der Waals surface area contributed by atoms with E-state index >= 15 is 0 Å². The lowest BCUT2D eigenvalue weighted by atomic mass is 9.98. The molecule has 2 aromatic rings. The van der Waals surface area contributed by atoms with Gasteiger partial charge in [-0.3, -0.25) is 9.69 Å². The maximum atomic E-state index is 13.1. The number of benzene rings is 2. The number of carbonyl (C=O) groups is 1. The van der Waals surface area contributed by atoms with Gasteiger partial charge in [-0.1, -0.05) is 29.3 Å². The minimum Gasteiger partial charge on any atom is -0.478 e. The van der Waals surface area contributed by atoms with Crippen LogP contribution in [0.15, 0.2) is 30.0 Å². The van der Waals surface area contributed by atoms with Crippen molar-refractivity contribution in [2.45, 2.75) is 32.4 Å². The zero-order valence-corrected chi connectivity index (χ0v) is 18.1. The van der Waals surface area contributed by atoms with E-state index in [9.17, 15) is 4.79 Å². The minimum absolute atomic E-state index is 0.169. The highest BCUT2D eigenvalue weighted by atomic mass is 35.5. The third kappa shape index (κ3) is 3.50. The Balaban J connectivity index is 1.48. The molecule has 30 heavy (non-hydrogen) atoms. The van der Waals surface area contributed by atoms with Crippen LogP contribution in [0, 0.1) is 6.92 Å². The molecule has 0 bridgehead atoms. The second-order valence-electron chi connectivity index (χ2n) is 7.87. The van der Waals surface area contributed by atoms with Crippen LogP contribution < -0.4 is 9.47 Å². The largest absolute Gasteiger partial charge is 0.478 e. The van der Waals surface area contributed by atoms with Crippen LogP contribution in [-0.4, -0.2) is 36.7 Å². The van der Waals surface area contributed by atoms with Crippen molar-refractivity contribution in [2.24, 2.45) is 0 Å². The molecule has 0 aliphatic carbocycles. The van der Waals surface area contributed by atoms with Crippen LogP contribution in [0.4, 0.5) is 0 Å². The number of aryl methyl sites for hydroxylation is 1. The van der Waals surface area contributed by atoms with Gasteiger partial charge in [-0.05, 0) is 49.6 Å². The molecule has 2 aromatic carbocycles. The Bertz CT molecular complexity index is 1040. The van der Waals surface area contributed by atoms with Crippen LogP contribution in [-0.2, 0) is 11.3 Å². The summed E-state index contributed by atoms with van der Waals surface area (Å²) in [6, 6.07) is 7.15. The van der Waals surface area contributed by atoms with Gasteiger partial charge in [-0.2, -0.15) is 0 Å². The maximum Gasteiger partial charge on any atom is 0.232 e. The molecule has 156 valence electrons. The number of carbonyl (C=O) groups excluding carboxylic acids is 1. The molecule has 0 spiro atoms. The zero-order chi connectivity index (χ0) is 20.8. The molecule has 0 aromatic heterocycles. The standard InChI is InChI=1S/C23H21Cl2NO4/c1-13-8-19-16(11-26(12-29-19)10-14-4-3-7-28-14)23-21(13)22(27)20(30-23)9-15-17(24)5-2-6-18(15)25/h2,5-6,8-9,14H,3-4,7,10-12H2,1H3/b20-9-. The van der Waals surface area contributed by atoms with Crippen LogP contribution in [0.2, 0.25) is 10.0 Å². The number of ether oxygens (including phenoxy) is 3. The van der Waals surface area contributed by atoms with E-state index in [1.165, 1.54) is 0 Å². The predicted molar refractivity (Wildman–Crippen MR) is 115 cm³/mol. The van der Waals surface area contributed by atoms with Gasteiger partial charge >= 0.3 is 0 Å². The summed E-state index contributed by atoms with van der Waals surface area (Å²) >= 11 is 12.6. The lowest BCUT2D eigenvalue weighted by Gasteiger charge is -2.31. The summed E-state index contributed by atoms with van der Waals surface area (Å²) in [4.78, 5) is 15.3. The molecule has 1 fully saturated rings. The van der Waals surface area contributed by atoms with Crippen LogP contribution in [0.1, 0.15) is 39.9 Å². The van der Waals surface area contributed by atoms with Crippen LogP contribution in [0.3, 0.4) is 0 Å². The topological polar surface area (TPSA) is 48.0 Å². The van der Waals surface area contributed by atoms with E-state index in [1.807, 2.05) is 13.0 Å². The average molecular weight is 446 g/mol. The van der Waals surface area contributed by atoms with Crippen molar-refractivity contribution in [1.82, 2.24) is 4.90 Å². The molecule has 0 amide bonds. The molecule has 3 aliphatic rings. The molecule has 1 saturated heterocycles. The van der Waals surface area contributed by atoms with Crippen LogP contribution >= 0.6 is 23.2 Å². The summed E-state index contributed by atoms with van der Waals surface area (Å²) in [5, 5.41) is 0.930. The Kier molecular flexibility index (Phi) is 5.23. The molecule has 5 nitrogen and oxygen atoms in total. The average Bonchev–Trinajstić information content (AvgIpc) is 3.34. The lowest BCUT2D eigenvalue weighted by Crippen LogP contribution is -2.37.